The van der Waals surface area contributed by atoms with Crippen LogP contribution in [-0.4, -0.2) is 347 Å². The van der Waals surface area contributed by atoms with Crippen LogP contribution in [0.3, 0.4) is 0 Å². The van der Waals surface area contributed by atoms with Crippen molar-refractivity contribution in [3.8, 4) is 0 Å². The molecule has 8 unspecified atom stereocenters. The van der Waals surface area contributed by atoms with Gasteiger partial charge >= 0.3 is 15.4 Å². The lowest BCUT2D eigenvalue weighted by Crippen LogP contribution is -2.59. The zero-order valence-electron chi connectivity index (χ0n) is 74.9. The van der Waals surface area contributed by atoms with Gasteiger partial charge in [-0.15, -0.1) is 0 Å². The Hall–Kier alpha value is -5.43. The van der Waals surface area contributed by atoms with Crippen molar-refractivity contribution in [1.82, 2.24) is 35.1 Å². The number of aliphatic hydroxyl groups excluding tert-OH is 10. The number of hydrogen-bond acceptors (Lipinski definition) is 37. The summed E-state index contributed by atoms with van der Waals surface area (Å²) in [4.78, 5) is 143. The zero-order chi connectivity index (χ0) is 94.4. The largest absolute Gasteiger partial charge is 0.472 e. The number of nitrogen functional groups attached to an aromatic ring is 1. The molecule has 3 amide bonds. The minimum Gasteiger partial charge on any atom is -0.394 e. The van der Waals surface area contributed by atoms with Crippen molar-refractivity contribution in [3.63, 3.8) is 0 Å². The van der Waals surface area contributed by atoms with E-state index in [1.165, 1.54) is 31.1 Å². The number of phosphoric ester groups is 1. The Balaban J connectivity index is 0.953. The lowest BCUT2D eigenvalue weighted by Gasteiger charge is -2.40. The highest BCUT2D eigenvalue weighted by Crippen LogP contribution is 2.52. The van der Waals surface area contributed by atoms with Gasteiger partial charge in [-0.2, -0.15) is 0 Å². The van der Waals surface area contributed by atoms with Gasteiger partial charge in [-0.1, -0.05) is 47.5 Å². The Morgan fingerprint density at radius 2 is 0.938 bits per heavy atom. The molecule has 2 aromatic heterocycles. The Labute approximate surface area is 752 Å². The summed E-state index contributed by atoms with van der Waals surface area (Å²) < 4.78 is 104. The van der Waals surface area contributed by atoms with Crippen LogP contribution in [0.5, 0.6) is 0 Å². The monoisotopic (exact) mass is 1880 g/mol. The predicted octanol–water partition coefficient (Wildman–Crippen LogP) is 2.05. The number of unbranched alkanes of at least 4 members (excludes halogenated alkanes) is 8. The average Bonchev–Trinajstić information content (AvgIpc) is 1.62. The number of carbonyl (C=O) groups is 8. The van der Waals surface area contributed by atoms with Gasteiger partial charge in [0.25, 0.3) is 0 Å². The number of ether oxygens (including phenoxy) is 10. The molecule has 7 rings (SSSR count). The van der Waals surface area contributed by atoms with Crippen LogP contribution in [0.1, 0.15) is 221 Å². The van der Waals surface area contributed by atoms with Gasteiger partial charge in [0.15, 0.2) is 30.3 Å². The van der Waals surface area contributed by atoms with Crippen molar-refractivity contribution in [2.24, 2.45) is 17.8 Å². The number of β-amino-alcohol motifs (C(OH)–C–C–N with tert-alkyl or cyclic N) is 1. The van der Waals surface area contributed by atoms with E-state index in [0.717, 1.165) is 4.90 Å². The minimum atomic E-state index is -5.18. The molecule has 16 N–H and O–H groups in total. The van der Waals surface area contributed by atoms with Crippen LogP contribution in [0.25, 0.3) is 11.2 Å². The van der Waals surface area contributed by atoms with E-state index in [2.05, 4.69) is 25.6 Å². The van der Waals surface area contributed by atoms with Gasteiger partial charge in [0.1, 0.15) is 108 Å². The van der Waals surface area contributed by atoms with E-state index in [1.54, 1.807) is 20.8 Å². The first kappa shape index (κ1) is 111. The minimum absolute atomic E-state index is 0.00454. The van der Waals surface area contributed by atoms with Gasteiger partial charge in [-0.05, 0) is 83.5 Å². The van der Waals surface area contributed by atoms with Gasteiger partial charge in [0, 0.05) is 128 Å². The van der Waals surface area contributed by atoms with Crippen LogP contribution in [-0.2, 0) is 108 Å². The highest BCUT2D eigenvalue weighted by atomic mass is 31.2. The quantitative estimate of drug-likeness (QED) is 0.0256. The van der Waals surface area contributed by atoms with E-state index in [-0.39, 0.29) is 169 Å². The lowest BCUT2D eigenvalue weighted by atomic mass is 9.92. The number of rotatable bonds is 66. The molecule has 129 heavy (non-hydrogen) atoms. The number of aliphatic hydroxyl groups is 10. The number of likely N-dealkylation sites (tertiary alicyclic amines) is 1. The van der Waals surface area contributed by atoms with E-state index in [4.69, 9.17) is 66.7 Å². The van der Waals surface area contributed by atoms with E-state index in [1.807, 2.05) is 0 Å². The Bertz CT molecular complexity index is 3620. The van der Waals surface area contributed by atoms with Crippen molar-refractivity contribution in [3.05, 3.63) is 12.7 Å². The Kier molecular flexibility index (Phi) is 48.7. The highest BCUT2D eigenvalue weighted by molar-refractivity contribution is 7.53. The summed E-state index contributed by atoms with van der Waals surface area (Å²) in [5.74, 6) is -4.15. The van der Waals surface area contributed by atoms with Crippen molar-refractivity contribution in [2.45, 2.75) is 330 Å². The van der Waals surface area contributed by atoms with Crippen LogP contribution >= 0.6 is 15.4 Å². The number of nitrogens with two attached hydrogens (primary N) is 1. The number of carbonyl (C=O) groups excluding carboxylic acids is 8. The maximum Gasteiger partial charge on any atom is 0.472 e. The number of aromatic nitrogens is 4. The molecular formula is C84H142N8O35P2. The number of hydrogen-bond donors (Lipinski definition) is 15. The molecule has 5 fully saturated rings. The van der Waals surface area contributed by atoms with E-state index >= 15 is 0 Å². The Morgan fingerprint density at radius 1 is 0.512 bits per heavy atom. The molecule has 5 aliphatic rings. The fraction of sp³-hybridized carbons (Fsp3) is 0.845. The first-order valence-electron chi connectivity index (χ1n) is 45.3. The molecule has 22 atom stereocenters. The maximum absolute atomic E-state index is 14.6. The first-order valence-corrected chi connectivity index (χ1v) is 48.4. The first-order chi connectivity index (χ1) is 61.5. The van der Waals surface area contributed by atoms with Crippen molar-refractivity contribution in [2.75, 3.05) is 111 Å². The third-order valence-corrected chi connectivity index (χ3v) is 26.6. The van der Waals surface area contributed by atoms with E-state index in [9.17, 15) is 108 Å². The van der Waals surface area contributed by atoms with Crippen LogP contribution in [0.4, 0.5) is 5.82 Å². The molecule has 0 spiro atoms. The highest BCUT2D eigenvalue weighted by Gasteiger charge is 2.48. The second-order valence-corrected chi connectivity index (χ2v) is 38.4. The van der Waals surface area contributed by atoms with E-state index < -0.39 is 226 Å². The smallest absolute Gasteiger partial charge is 0.394 e. The molecule has 0 aromatic carbocycles. The molecule has 738 valence electrons. The standard InChI is InChI=1S/C84H142N8O35P2/c1-52(2)128(111,112)121-46-67-63(39-71(123-67)92-51-89-72-79(85)87-50-88-80(72)92)127-129(113,114)122-45-56-38-62(101)41-91(56)70(104)40-69(103)90-84(47-115-35-28-60(99)22-10-6-8-20-57(96)25-13-17-32-118-81-53(3)73(105)76(108)64(42-93)124-81,48-116-36-29-61(100)23-11-7-9-21-58(97)26-14-18-33-119-82-54(4)74(106)77(109)65(43-94)125-82)49-117-37-30-68(102)86-31-16-12-24-59(98)27-15-19-34-120-83-55(5)75(107)78(110)66(44-95)126-83/h50-56,62-67,71,73-78,81-83,93-95,101,105-110H,6-49H2,1-5H3,(H,86,102)(H,90,103)(H,111,112)(H,113,114)(H2,85,87,88)/t53-,54-,55-,56-,62+,63-,64?,65?,66?,67+,71+,73?,74?,75?,76-,77-,78-,81+,82+,83+,84?/m0/s1. The number of imidazole rings is 1. The van der Waals surface area contributed by atoms with Crippen molar-refractivity contribution < 1.29 is 169 Å². The summed E-state index contributed by atoms with van der Waals surface area (Å²) in [5, 5.41) is 107. The van der Waals surface area contributed by atoms with Crippen LogP contribution in [0.15, 0.2) is 12.7 Å². The molecule has 7 heterocycles. The fourth-order valence-corrected chi connectivity index (χ4v) is 17.2. The molecule has 5 aliphatic heterocycles. The predicted molar refractivity (Wildman–Crippen MR) is 456 cm³/mol. The summed E-state index contributed by atoms with van der Waals surface area (Å²) in [6, 6.07) is -1.13. The zero-order valence-corrected chi connectivity index (χ0v) is 76.6. The molecule has 0 bridgehead atoms. The summed E-state index contributed by atoms with van der Waals surface area (Å²) in [7, 11) is -9.41. The van der Waals surface area contributed by atoms with Crippen LogP contribution < -0.4 is 16.4 Å². The van der Waals surface area contributed by atoms with Gasteiger partial charge in [0.2, 0.25) is 17.7 Å². The number of Topliss-reactive ketones (excluding diaryl/α,β-unsaturated/α-hetero) is 5. The molecular weight excluding hydrogens is 1740 g/mol. The molecule has 43 nitrogen and oxygen atoms in total. The number of nitrogens with zero attached hydrogens (tertiary/aromatic N) is 5. The number of nitrogens with one attached hydrogen (secondary N) is 2. The van der Waals surface area contributed by atoms with Crippen molar-refractivity contribution in [1.29, 1.82) is 0 Å². The number of amides is 3. The third-order valence-electron chi connectivity index (χ3n) is 23.7. The maximum atomic E-state index is 14.6. The van der Waals surface area contributed by atoms with Gasteiger partial charge in [-0.3, -0.25) is 56.5 Å². The topological polar surface area (TPSA) is 630 Å². The third kappa shape index (κ3) is 37.0. The number of ketones is 5. The van der Waals surface area contributed by atoms with Gasteiger partial charge in [-0.25, -0.2) is 19.5 Å². The molecule has 0 radical (unpaired) electrons. The number of phosphoric acid groups is 1. The second kappa shape index (κ2) is 56.8. The number of fused-ring (bicyclic) bond motifs is 1. The van der Waals surface area contributed by atoms with E-state index in [0.29, 0.717) is 103 Å². The van der Waals surface area contributed by atoms with Crippen molar-refractivity contribution >= 4 is 79.0 Å². The summed E-state index contributed by atoms with van der Waals surface area (Å²) in [6.45, 7) is 3.69. The summed E-state index contributed by atoms with van der Waals surface area (Å²) in [5.41, 5.74) is 3.91. The molecule has 45 heteroatoms. The van der Waals surface area contributed by atoms with Crippen LogP contribution in [0.2, 0.25) is 0 Å². The Morgan fingerprint density at radius 3 is 1.38 bits per heavy atom. The summed E-state index contributed by atoms with van der Waals surface area (Å²) in [6.07, 6.45) is -7.59. The normalized spacial score (nSPS) is 28.1. The van der Waals surface area contributed by atoms with Crippen LogP contribution in [0, 0.1) is 17.8 Å². The second-order valence-electron chi connectivity index (χ2n) is 34.6. The fourth-order valence-electron chi connectivity index (χ4n) is 15.6. The molecule has 5 saturated heterocycles. The SMILES string of the molecule is CC(C)P(=O)(O)OC[C@H]1O[C@@H](n2cnc3c(N)ncnc32)C[C@@H]1OP(=O)(O)OC[C@@H]1C[C@@H](O)CN1C(=O)CC(=O)NC(COCCC(=O)CCCCCC(=O)CCCCO[C@@H]1OC(CO)[C@H](O)C(O)[C@@H]1C)(COCCC(=O)CCCCCC(=O)CCCCO[C@@H]1OC(CO)[C@H](O)C(O)[C@@H]1C)COCCC(=O)NCCCCC(=O)CCCCO[C@@H]1OC(CO)[C@H](O)C(O)[C@@H]1C. The average molecular weight is 1890 g/mol. The molecule has 0 saturated carbocycles. The van der Waals surface area contributed by atoms with Gasteiger partial charge in [0.05, 0.1) is 115 Å². The molecule has 0 aliphatic carbocycles. The van der Waals surface area contributed by atoms with Gasteiger partial charge < -0.3 is 134 Å². The summed E-state index contributed by atoms with van der Waals surface area (Å²) >= 11 is 0. The number of anilines is 1. The lowest BCUT2D eigenvalue weighted by molar-refractivity contribution is -0.282. The molecule has 2 aromatic rings.